The highest BCUT2D eigenvalue weighted by Crippen LogP contribution is 2.11. The van der Waals surface area contributed by atoms with E-state index >= 15 is 0 Å². The maximum atomic E-state index is 12.5. The molecular weight excluding hydrogens is 246 g/mol. The van der Waals surface area contributed by atoms with Gasteiger partial charge in [0.1, 0.15) is 5.56 Å². The Bertz CT molecular complexity index is 535. The summed E-state index contributed by atoms with van der Waals surface area (Å²) in [6, 6.07) is -0.0859. The molecule has 0 aliphatic rings. The number of carbonyl (C=O) groups is 1. The number of hydrogen-bond donors (Lipinski definition) is 1. The van der Waals surface area contributed by atoms with E-state index in [1.807, 2.05) is 13.8 Å². The normalized spacial score (nSPS) is 10.9. The zero-order valence-corrected chi connectivity index (χ0v) is 12.1. The van der Waals surface area contributed by atoms with Crippen LogP contribution in [0.2, 0.25) is 0 Å². The number of amides is 1. The minimum absolute atomic E-state index is 0.0859. The lowest BCUT2D eigenvalue weighted by atomic mass is 10.1. The van der Waals surface area contributed by atoms with Gasteiger partial charge < -0.3 is 10.0 Å². The summed E-state index contributed by atoms with van der Waals surface area (Å²) in [7, 11) is 1.53. The number of aliphatic hydroxyl groups excluding tert-OH is 1. The lowest BCUT2D eigenvalue weighted by Gasteiger charge is -2.26. The van der Waals surface area contributed by atoms with Crippen LogP contribution in [0.5, 0.6) is 0 Å². The Balaban J connectivity index is 3.37. The predicted molar refractivity (Wildman–Crippen MR) is 72.2 cm³/mol. The molecule has 1 aromatic heterocycles. The molecule has 1 heterocycles. The van der Waals surface area contributed by atoms with E-state index in [1.54, 1.807) is 13.8 Å². The van der Waals surface area contributed by atoms with Crippen LogP contribution in [0, 0.1) is 13.8 Å². The third-order valence-electron chi connectivity index (χ3n) is 3.16. The van der Waals surface area contributed by atoms with Gasteiger partial charge in [0.2, 0.25) is 0 Å². The molecule has 0 saturated carbocycles. The molecule has 0 radical (unpaired) electrons. The molecule has 1 amide bonds. The quantitative estimate of drug-likeness (QED) is 0.848. The molecule has 0 bridgehead atoms. The van der Waals surface area contributed by atoms with E-state index in [0.29, 0.717) is 11.3 Å². The van der Waals surface area contributed by atoms with Gasteiger partial charge in [-0.2, -0.15) is 5.10 Å². The molecule has 1 N–H and O–H groups in total. The lowest BCUT2D eigenvalue weighted by Crippen LogP contribution is -2.43. The van der Waals surface area contributed by atoms with Crippen LogP contribution < -0.4 is 5.56 Å². The molecule has 0 spiro atoms. The highest BCUT2D eigenvalue weighted by Gasteiger charge is 2.24. The van der Waals surface area contributed by atoms with Crippen LogP contribution in [0.25, 0.3) is 0 Å². The van der Waals surface area contributed by atoms with E-state index in [9.17, 15) is 9.59 Å². The van der Waals surface area contributed by atoms with Crippen molar-refractivity contribution < 1.29 is 9.90 Å². The van der Waals surface area contributed by atoms with E-state index in [-0.39, 0.29) is 30.7 Å². The second kappa shape index (κ2) is 5.97. The fourth-order valence-electron chi connectivity index (χ4n) is 1.95. The molecule has 19 heavy (non-hydrogen) atoms. The smallest absolute Gasteiger partial charge is 0.279 e. The van der Waals surface area contributed by atoms with Crippen LogP contribution in [0.3, 0.4) is 0 Å². The molecule has 0 fully saturated rings. The standard InChI is InChI=1S/C13H21N3O3/c1-8(2)16(6-7-17)13(19)11-9(3)10(4)14-15(5)12(11)18/h8,17H,6-7H2,1-5H3. The summed E-state index contributed by atoms with van der Waals surface area (Å²) in [5.74, 6) is -0.354. The Hall–Kier alpha value is -1.69. The summed E-state index contributed by atoms with van der Waals surface area (Å²) in [6.07, 6.45) is 0. The Morgan fingerprint density at radius 2 is 2.00 bits per heavy atom. The molecule has 0 atom stereocenters. The molecule has 106 valence electrons. The Morgan fingerprint density at radius 3 is 2.47 bits per heavy atom. The van der Waals surface area contributed by atoms with Crippen molar-refractivity contribution in [2.45, 2.75) is 33.7 Å². The first kappa shape index (κ1) is 15.4. The van der Waals surface area contributed by atoms with Gasteiger partial charge in [0, 0.05) is 19.6 Å². The molecule has 0 saturated heterocycles. The number of rotatable bonds is 4. The van der Waals surface area contributed by atoms with Gasteiger partial charge in [0.15, 0.2) is 0 Å². The van der Waals surface area contributed by atoms with Crippen molar-refractivity contribution in [2.75, 3.05) is 13.2 Å². The highest BCUT2D eigenvalue weighted by atomic mass is 16.3. The van der Waals surface area contributed by atoms with E-state index in [0.717, 1.165) is 0 Å². The van der Waals surface area contributed by atoms with Gasteiger partial charge in [-0.15, -0.1) is 0 Å². The number of aromatic nitrogens is 2. The minimum Gasteiger partial charge on any atom is -0.395 e. The summed E-state index contributed by atoms with van der Waals surface area (Å²) in [6.45, 7) is 7.25. The number of aryl methyl sites for hydroxylation is 2. The van der Waals surface area contributed by atoms with Crippen molar-refractivity contribution in [3.05, 3.63) is 27.2 Å². The van der Waals surface area contributed by atoms with Gasteiger partial charge in [-0.3, -0.25) is 9.59 Å². The summed E-state index contributed by atoms with van der Waals surface area (Å²) in [4.78, 5) is 26.1. The third-order valence-corrected chi connectivity index (χ3v) is 3.16. The Labute approximate surface area is 112 Å². The Morgan fingerprint density at radius 1 is 1.42 bits per heavy atom. The van der Waals surface area contributed by atoms with Crippen LogP contribution in [0.1, 0.15) is 35.5 Å². The minimum atomic E-state index is -0.406. The molecule has 0 unspecified atom stereocenters. The number of nitrogens with zero attached hydrogens (tertiary/aromatic N) is 3. The predicted octanol–water partition coefficient (Wildman–Crippen LogP) is 0.240. The van der Waals surface area contributed by atoms with Crippen molar-refractivity contribution in [3.8, 4) is 0 Å². The highest BCUT2D eigenvalue weighted by molar-refractivity contribution is 5.95. The molecule has 0 aliphatic heterocycles. The fourth-order valence-corrected chi connectivity index (χ4v) is 1.95. The third kappa shape index (κ3) is 3.01. The molecule has 6 heteroatoms. The van der Waals surface area contributed by atoms with Crippen LogP contribution in [0.15, 0.2) is 4.79 Å². The monoisotopic (exact) mass is 267 g/mol. The van der Waals surface area contributed by atoms with Gasteiger partial charge in [0.25, 0.3) is 11.5 Å². The fraction of sp³-hybridized carbons (Fsp3) is 0.615. The maximum Gasteiger partial charge on any atom is 0.279 e. The second-order valence-electron chi connectivity index (χ2n) is 4.83. The molecule has 0 aromatic carbocycles. The number of aliphatic hydroxyl groups is 1. The topological polar surface area (TPSA) is 75.4 Å². The lowest BCUT2D eigenvalue weighted by molar-refractivity contribution is 0.0661. The first-order valence-electron chi connectivity index (χ1n) is 6.27. The van der Waals surface area contributed by atoms with Gasteiger partial charge in [0.05, 0.1) is 12.3 Å². The van der Waals surface area contributed by atoms with Crippen molar-refractivity contribution in [3.63, 3.8) is 0 Å². The largest absolute Gasteiger partial charge is 0.395 e. The summed E-state index contributed by atoms with van der Waals surface area (Å²) in [5.41, 5.74) is 0.976. The molecule has 1 aromatic rings. The van der Waals surface area contributed by atoms with Crippen LogP contribution in [0.4, 0.5) is 0 Å². The Kier molecular flexibility index (Phi) is 4.83. The van der Waals surface area contributed by atoms with E-state index in [1.165, 1.54) is 16.6 Å². The van der Waals surface area contributed by atoms with Crippen molar-refractivity contribution >= 4 is 5.91 Å². The molecular formula is C13H21N3O3. The van der Waals surface area contributed by atoms with Crippen LogP contribution in [-0.2, 0) is 7.05 Å². The molecule has 6 nitrogen and oxygen atoms in total. The summed E-state index contributed by atoms with van der Waals surface area (Å²) in [5, 5.41) is 13.1. The SMILES string of the molecule is Cc1nn(C)c(=O)c(C(=O)N(CCO)C(C)C)c1C. The van der Waals surface area contributed by atoms with Gasteiger partial charge in [-0.1, -0.05) is 0 Å². The van der Waals surface area contributed by atoms with Crippen LogP contribution >= 0.6 is 0 Å². The van der Waals surface area contributed by atoms with Crippen LogP contribution in [-0.4, -0.2) is 44.9 Å². The average molecular weight is 267 g/mol. The van der Waals surface area contributed by atoms with Crippen molar-refractivity contribution in [1.82, 2.24) is 14.7 Å². The number of hydrogen-bond acceptors (Lipinski definition) is 4. The van der Waals surface area contributed by atoms with Gasteiger partial charge in [-0.25, -0.2) is 4.68 Å². The zero-order valence-electron chi connectivity index (χ0n) is 12.1. The average Bonchev–Trinajstić information content (AvgIpc) is 2.33. The first-order chi connectivity index (χ1) is 8.81. The van der Waals surface area contributed by atoms with Crippen molar-refractivity contribution in [1.29, 1.82) is 0 Å². The van der Waals surface area contributed by atoms with Gasteiger partial charge >= 0.3 is 0 Å². The van der Waals surface area contributed by atoms with E-state index < -0.39 is 5.56 Å². The summed E-state index contributed by atoms with van der Waals surface area (Å²) < 4.78 is 1.17. The first-order valence-corrected chi connectivity index (χ1v) is 6.27. The van der Waals surface area contributed by atoms with Crippen molar-refractivity contribution in [2.24, 2.45) is 7.05 Å². The maximum absolute atomic E-state index is 12.5. The van der Waals surface area contributed by atoms with Gasteiger partial charge in [-0.05, 0) is 33.3 Å². The zero-order chi connectivity index (χ0) is 14.7. The van der Waals surface area contributed by atoms with E-state index in [4.69, 9.17) is 5.11 Å². The summed E-state index contributed by atoms with van der Waals surface area (Å²) >= 11 is 0. The second-order valence-corrected chi connectivity index (χ2v) is 4.83. The number of carbonyl (C=O) groups excluding carboxylic acids is 1. The molecule has 0 aliphatic carbocycles. The molecule has 1 rings (SSSR count). The van der Waals surface area contributed by atoms with E-state index in [2.05, 4.69) is 5.10 Å².